The average Bonchev–Trinajstić information content (AvgIpc) is 3.11. The Morgan fingerprint density at radius 2 is 2.28 bits per heavy atom. The molecule has 0 atom stereocenters. The van der Waals surface area contributed by atoms with E-state index in [1.54, 1.807) is 23.5 Å². The number of rotatable bonds is 4. The number of nitrogens with one attached hydrogen (secondary N) is 1. The lowest BCUT2D eigenvalue weighted by Gasteiger charge is -2.01. The highest BCUT2D eigenvalue weighted by Gasteiger charge is 2.29. The lowest BCUT2D eigenvalue weighted by Crippen LogP contribution is -2.26. The van der Waals surface area contributed by atoms with Crippen LogP contribution in [-0.2, 0) is 22.4 Å². The van der Waals surface area contributed by atoms with Crippen LogP contribution in [0.2, 0.25) is 0 Å². The monoisotopic (exact) mass is 262 g/mol. The van der Waals surface area contributed by atoms with Crippen molar-refractivity contribution in [2.75, 3.05) is 6.54 Å². The minimum atomic E-state index is 0.139. The van der Waals surface area contributed by atoms with Crippen LogP contribution in [0, 0.1) is 5.92 Å². The zero-order valence-corrected chi connectivity index (χ0v) is 10.8. The molecule has 1 amide bonds. The first-order valence-corrected chi connectivity index (χ1v) is 7.01. The first kappa shape index (κ1) is 11.6. The van der Waals surface area contributed by atoms with Crippen LogP contribution in [0.25, 0.3) is 6.08 Å². The van der Waals surface area contributed by atoms with E-state index in [-0.39, 0.29) is 17.6 Å². The van der Waals surface area contributed by atoms with Crippen molar-refractivity contribution < 1.29 is 9.59 Å². The van der Waals surface area contributed by atoms with Gasteiger partial charge in [-0.3, -0.25) is 9.59 Å². The van der Waals surface area contributed by atoms with Gasteiger partial charge < -0.3 is 5.32 Å². The highest BCUT2D eigenvalue weighted by molar-refractivity contribution is 7.12. The van der Waals surface area contributed by atoms with Gasteiger partial charge >= 0.3 is 0 Å². The zero-order valence-electron chi connectivity index (χ0n) is 9.94. The number of carbonyl (C=O) groups excluding carboxylic acids is 2. The minimum Gasteiger partial charge on any atom is -0.355 e. The van der Waals surface area contributed by atoms with E-state index in [2.05, 4.69) is 10.3 Å². The fourth-order valence-electron chi connectivity index (χ4n) is 1.95. The highest BCUT2D eigenvalue weighted by atomic mass is 32.1. The lowest BCUT2D eigenvalue weighted by atomic mass is 10.1. The number of allylic oxidation sites excluding steroid dienone is 1. The second-order valence-corrected chi connectivity index (χ2v) is 5.88. The molecule has 0 aliphatic heterocycles. The highest BCUT2D eigenvalue weighted by Crippen LogP contribution is 2.28. The number of ketones is 1. The molecule has 1 aromatic heterocycles. The lowest BCUT2D eigenvalue weighted by molar-refractivity contribution is -0.122. The van der Waals surface area contributed by atoms with Crippen molar-refractivity contribution in [1.29, 1.82) is 0 Å². The van der Waals surface area contributed by atoms with E-state index in [0.717, 1.165) is 34.8 Å². The standard InChI is InChI=1S/C13H14N2O2S/c16-9-3-4-10-11(7-9)18-12(15-10)5-6-14-13(17)8-1-2-8/h3-4,8H,1-2,5-7H2,(H,14,17). The van der Waals surface area contributed by atoms with E-state index in [0.29, 0.717) is 13.0 Å². The SMILES string of the molecule is O=C1C=Cc2nc(CCNC(=O)C3CC3)sc2C1. The van der Waals surface area contributed by atoms with E-state index in [4.69, 9.17) is 0 Å². The molecule has 0 unspecified atom stereocenters. The van der Waals surface area contributed by atoms with E-state index in [1.807, 2.05) is 0 Å². The van der Waals surface area contributed by atoms with Gasteiger partial charge in [-0.2, -0.15) is 0 Å². The quantitative estimate of drug-likeness (QED) is 0.891. The number of carbonyl (C=O) groups is 2. The molecule has 2 aliphatic rings. The number of fused-ring (bicyclic) bond motifs is 1. The summed E-state index contributed by atoms with van der Waals surface area (Å²) in [4.78, 5) is 28.2. The molecule has 4 nitrogen and oxygen atoms in total. The van der Waals surface area contributed by atoms with Crippen molar-refractivity contribution in [1.82, 2.24) is 10.3 Å². The van der Waals surface area contributed by atoms with Crippen LogP contribution < -0.4 is 5.32 Å². The maximum absolute atomic E-state index is 11.4. The Morgan fingerprint density at radius 1 is 1.44 bits per heavy atom. The maximum Gasteiger partial charge on any atom is 0.223 e. The van der Waals surface area contributed by atoms with Crippen molar-refractivity contribution in [3.8, 4) is 0 Å². The van der Waals surface area contributed by atoms with Crippen LogP contribution in [0.15, 0.2) is 6.08 Å². The summed E-state index contributed by atoms with van der Waals surface area (Å²) in [5, 5.41) is 3.92. The summed E-state index contributed by atoms with van der Waals surface area (Å²) in [7, 11) is 0. The molecule has 1 fully saturated rings. The smallest absolute Gasteiger partial charge is 0.223 e. The molecule has 94 valence electrons. The van der Waals surface area contributed by atoms with Crippen LogP contribution in [0.4, 0.5) is 0 Å². The van der Waals surface area contributed by atoms with Gasteiger partial charge in [0.2, 0.25) is 5.91 Å². The topological polar surface area (TPSA) is 59.1 Å². The van der Waals surface area contributed by atoms with E-state index in [1.165, 1.54) is 0 Å². The summed E-state index contributed by atoms with van der Waals surface area (Å²) < 4.78 is 0. The van der Waals surface area contributed by atoms with Crippen molar-refractivity contribution >= 4 is 29.1 Å². The molecular weight excluding hydrogens is 248 g/mol. The van der Waals surface area contributed by atoms with Crippen molar-refractivity contribution in [3.05, 3.63) is 21.7 Å². The summed E-state index contributed by atoms with van der Waals surface area (Å²) in [5.74, 6) is 0.571. The molecule has 0 aromatic carbocycles. The van der Waals surface area contributed by atoms with Crippen LogP contribution in [-0.4, -0.2) is 23.2 Å². The Hall–Kier alpha value is -1.49. The predicted molar refractivity (Wildman–Crippen MR) is 69.3 cm³/mol. The van der Waals surface area contributed by atoms with Gasteiger partial charge in [0.15, 0.2) is 5.78 Å². The molecule has 1 aromatic rings. The first-order chi connectivity index (χ1) is 8.72. The molecule has 3 rings (SSSR count). The molecule has 0 bridgehead atoms. The van der Waals surface area contributed by atoms with Crippen molar-refractivity contribution in [2.24, 2.45) is 5.92 Å². The first-order valence-electron chi connectivity index (χ1n) is 6.19. The number of nitrogens with zero attached hydrogens (tertiary/aromatic N) is 1. The van der Waals surface area contributed by atoms with Crippen LogP contribution in [0.3, 0.4) is 0 Å². The summed E-state index contributed by atoms with van der Waals surface area (Å²) >= 11 is 1.58. The molecule has 1 saturated carbocycles. The second-order valence-electron chi connectivity index (χ2n) is 4.71. The Labute approximate surface area is 109 Å². The molecular formula is C13H14N2O2S. The van der Waals surface area contributed by atoms with Gasteiger partial charge in [-0.05, 0) is 25.0 Å². The average molecular weight is 262 g/mol. The normalized spacial score (nSPS) is 17.7. The van der Waals surface area contributed by atoms with Crippen LogP contribution in [0.1, 0.15) is 28.4 Å². The Balaban J connectivity index is 1.55. The predicted octanol–water partition coefficient (Wildman–Crippen LogP) is 1.35. The molecule has 0 spiro atoms. The van der Waals surface area contributed by atoms with Gasteiger partial charge in [-0.25, -0.2) is 4.98 Å². The summed E-state index contributed by atoms with van der Waals surface area (Å²) in [6.07, 6.45) is 6.65. The van der Waals surface area contributed by atoms with E-state index >= 15 is 0 Å². The van der Waals surface area contributed by atoms with Gasteiger partial charge in [0.1, 0.15) is 0 Å². The van der Waals surface area contributed by atoms with Crippen LogP contribution in [0.5, 0.6) is 0 Å². The third kappa shape index (κ3) is 2.51. The summed E-state index contributed by atoms with van der Waals surface area (Å²) in [5.41, 5.74) is 0.920. The fourth-order valence-corrected chi connectivity index (χ4v) is 3.01. The van der Waals surface area contributed by atoms with Gasteiger partial charge in [0, 0.05) is 30.2 Å². The molecule has 5 heteroatoms. The minimum absolute atomic E-state index is 0.139. The molecule has 2 aliphatic carbocycles. The van der Waals surface area contributed by atoms with E-state index in [9.17, 15) is 9.59 Å². The largest absolute Gasteiger partial charge is 0.355 e. The number of thiazole rings is 1. The number of hydrogen-bond acceptors (Lipinski definition) is 4. The number of aromatic nitrogens is 1. The molecule has 18 heavy (non-hydrogen) atoms. The summed E-state index contributed by atoms with van der Waals surface area (Å²) in [6.45, 7) is 0.638. The Bertz CT molecular complexity index is 529. The van der Waals surface area contributed by atoms with Crippen molar-refractivity contribution in [3.63, 3.8) is 0 Å². The zero-order chi connectivity index (χ0) is 12.5. The molecule has 1 heterocycles. The number of hydrogen-bond donors (Lipinski definition) is 1. The number of amides is 1. The third-order valence-corrected chi connectivity index (χ3v) is 4.25. The summed E-state index contributed by atoms with van der Waals surface area (Å²) in [6, 6.07) is 0. The fraction of sp³-hybridized carbons (Fsp3) is 0.462. The van der Waals surface area contributed by atoms with Gasteiger partial charge in [-0.1, -0.05) is 0 Å². The third-order valence-electron chi connectivity index (χ3n) is 3.12. The van der Waals surface area contributed by atoms with Gasteiger partial charge in [0.25, 0.3) is 0 Å². The second kappa shape index (κ2) is 4.65. The van der Waals surface area contributed by atoms with Crippen molar-refractivity contribution in [2.45, 2.75) is 25.7 Å². The maximum atomic E-state index is 11.4. The van der Waals surface area contributed by atoms with Gasteiger partial charge in [0.05, 0.1) is 10.7 Å². The van der Waals surface area contributed by atoms with E-state index < -0.39 is 0 Å². The molecule has 1 N–H and O–H groups in total. The molecule has 0 radical (unpaired) electrons. The van der Waals surface area contributed by atoms with Gasteiger partial charge in [-0.15, -0.1) is 11.3 Å². The molecule has 0 saturated heterocycles. The Morgan fingerprint density at radius 3 is 3.06 bits per heavy atom. The van der Waals surface area contributed by atoms with Crippen LogP contribution >= 0.6 is 11.3 Å². The Kier molecular flexibility index (Phi) is 2.99.